The maximum Gasteiger partial charge on any atom is 0.293 e. The highest BCUT2D eigenvalue weighted by molar-refractivity contribution is 6.43. The maximum absolute atomic E-state index is 12.8. The maximum atomic E-state index is 12.8. The lowest BCUT2D eigenvalue weighted by Gasteiger charge is -2.14. The van der Waals surface area contributed by atoms with E-state index in [2.05, 4.69) is 20.9 Å². The zero-order valence-corrected chi connectivity index (χ0v) is 55.8. The number of amides is 3. The Morgan fingerprint density at radius 1 is 0.419 bits per heavy atom. The Labute approximate surface area is 566 Å². The Morgan fingerprint density at radius 3 is 1.24 bits per heavy atom. The summed E-state index contributed by atoms with van der Waals surface area (Å²) in [5.74, 6) is -3.20. The first-order chi connectivity index (χ1) is 44.4. The van der Waals surface area contributed by atoms with Crippen molar-refractivity contribution in [1.29, 1.82) is 0 Å². The molecule has 0 saturated carbocycles. The Kier molecular flexibility index (Phi) is 24.2. The molecule has 0 aliphatic carbocycles. The Balaban J connectivity index is 0.000000180. The summed E-state index contributed by atoms with van der Waals surface area (Å²) in [6.07, 6.45) is 5.77. The van der Waals surface area contributed by atoms with E-state index in [1.807, 2.05) is 111 Å². The number of nitrogens with one attached hydrogen (secondary N) is 3. The predicted molar refractivity (Wildman–Crippen MR) is 372 cm³/mol. The van der Waals surface area contributed by atoms with Crippen LogP contribution >= 0.6 is 69.6 Å². The van der Waals surface area contributed by atoms with E-state index in [9.17, 15) is 44.1 Å². The van der Waals surface area contributed by atoms with Gasteiger partial charge in [0.15, 0.2) is 17.2 Å². The molecule has 10 aromatic rings. The Bertz CT molecular complexity index is 4620. The molecule has 0 atom stereocenters. The number of carbonyl (C=O) groups excluding carboxylic acids is 3. The van der Waals surface area contributed by atoms with Crippen LogP contribution in [0.15, 0.2) is 172 Å². The van der Waals surface area contributed by atoms with Gasteiger partial charge in [0.25, 0.3) is 34.4 Å². The first-order valence-corrected chi connectivity index (χ1v) is 31.6. The summed E-state index contributed by atoms with van der Waals surface area (Å²) in [4.78, 5) is 80.0. The zero-order valence-electron chi connectivity index (χ0n) is 51.2. The molecule has 10 rings (SSSR count). The van der Waals surface area contributed by atoms with Gasteiger partial charge in [0.1, 0.15) is 0 Å². The number of aromatic nitrogens is 4. The molecule has 0 radical (unpaired) electrons. The van der Waals surface area contributed by atoms with Crippen molar-refractivity contribution >= 4 is 98.2 Å². The molecule has 0 aliphatic heterocycles. The highest BCUT2D eigenvalue weighted by atomic mass is 35.5. The summed E-state index contributed by atoms with van der Waals surface area (Å²) in [6, 6.07) is 45.4. The van der Waals surface area contributed by atoms with Gasteiger partial charge in [-0.05, 0) is 153 Å². The van der Waals surface area contributed by atoms with Gasteiger partial charge >= 0.3 is 0 Å². The smallest absolute Gasteiger partial charge is 0.293 e. The number of hydrogen-bond donors (Lipinski definition) is 6. The van der Waals surface area contributed by atoms with Gasteiger partial charge in [-0.2, -0.15) is 0 Å². The topological polar surface area (TPSA) is 227 Å². The van der Waals surface area contributed by atoms with Gasteiger partial charge < -0.3 is 45.0 Å². The van der Waals surface area contributed by atoms with Crippen molar-refractivity contribution in [1.82, 2.24) is 34.6 Å². The fourth-order valence-corrected chi connectivity index (χ4v) is 11.1. The molecule has 22 heteroatoms. The normalized spacial score (nSPS) is 10.9. The molecule has 6 N–H and O–H groups in total. The van der Waals surface area contributed by atoms with E-state index in [0.29, 0.717) is 105 Å². The highest BCUT2D eigenvalue weighted by Gasteiger charge is 2.23. The molecule has 4 heterocycles. The minimum absolute atomic E-state index is 0.0378. The molecule has 0 saturated heterocycles. The molecule has 0 bridgehead atoms. The summed E-state index contributed by atoms with van der Waals surface area (Å²) >= 11 is 35.8. The third-order valence-electron chi connectivity index (χ3n) is 15.3. The number of aromatic hydroxyl groups is 3. The summed E-state index contributed by atoms with van der Waals surface area (Å²) in [5, 5.41) is 43.0. The monoisotopic (exact) mass is 1370 g/mol. The number of aryl methyl sites for hydroxylation is 5. The summed E-state index contributed by atoms with van der Waals surface area (Å²) in [5.41, 5.74) is 7.84. The van der Waals surface area contributed by atoms with Crippen LogP contribution in [0.1, 0.15) is 78.2 Å². The van der Waals surface area contributed by atoms with Gasteiger partial charge in [-0.3, -0.25) is 33.8 Å². The molecular formula is C71H65Cl6N7O9. The summed E-state index contributed by atoms with van der Waals surface area (Å²) < 4.78 is 4.00. The van der Waals surface area contributed by atoms with Gasteiger partial charge in [0.2, 0.25) is 0 Å². The van der Waals surface area contributed by atoms with Crippen molar-refractivity contribution in [3.05, 3.63) is 264 Å². The zero-order chi connectivity index (χ0) is 67.2. The first-order valence-electron chi connectivity index (χ1n) is 29.4. The summed E-state index contributed by atoms with van der Waals surface area (Å²) in [7, 11) is 4.69. The van der Waals surface area contributed by atoms with Crippen LogP contribution in [-0.2, 0) is 40.4 Å². The average molecular weight is 1370 g/mol. The number of halogens is 6. The SMILES string of the molecule is Cc1ccc(-c2cc(C(=O)NCCCc3ccc(Cl)c(Cl)c3)c(O)c(=O)n2C)cc1.Cc1cccc(-c2cc(C(=O)NCCCc3ccc(Cl)c(Cl)c3)c(O)c(=O)n2C)c1.Cn1c(-c2cccc3ncccc23)cc(C(=O)NCCCc2ccc(Cl)c(Cl)c2)c(O)c1=O. The first kappa shape index (κ1) is 70.0. The number of nitrogens with zero attached hydrogens (tertiary/aromatic N) is 4. The van der Waals surface area contributed by atoms with Crippen LogP contribution in [-0.4, -0.2) is 71.4 Å². The third kappa shape index (κ3) is 17.6. The van der Waals surface area contributed by atoms with Crippen LogP contribution in [0, 0.1) is 13.8 Å². The Hall–Kier alpha value is -8.87. The van der Waals surface area contributed by atoms with Crippen LogP contribution in [0.5, 0.6) is 17.2 Å². The fraction of sp³-hybridized carbons (Fsp3) is 0.197. The molecule has 0 unspecified atom stereocenters. The van der Waals surface area contributed by atoms with E-state index < -0.39 is 51.6 Å². The van der Waals surface area contributed by atoms with Crippen molar-refractivity contribution in [2.45, 2.75) is 52.4 Å². The van der Waals surface area contributed by atoms with Crippen LogP contribution < -0.4 is 32.6 Å². The molecule has 0 aliphatic rings. The molecule has 16 nitrogen and oxygen atoms in total. The second kappa shape index (κ2) is 32.1. The van der Waals surface area contributed by atoms with Gasteiger partial charge in [0, 0.05) is 57.9 Å². The van der Waals surface area contributed by atoms with E-state index in [4.69, 9.17) is 69.6 Å². The van der Waals surface area contributed by atoms with E-state index in [1.165, 1.54) is 25.8 Å². The van der Waals surface area contributed by atoms with Crippen molar-refractivity contribution < 1.29 is 29.7 Å². The lowest BCUT2D eigenvalue weighted by Crippen LogP contribution is -2.28. The van der Waals surface area contributed by atoms with E-state index >= 15 is 0 Å². The minimum Gasteiger partial charge on any atom is -0.502 e. The van der Waals surface area contributed by atoms with Crippen molar-refractivity contribution in [2.24, 2.45) is 21.1 Å². The third-order valence-corrected chi connectivity index (χ3v) is 17.5. The number of hydrogen-bond acceptors (Lipinski definition) is 10. The second-order valence-electron chi connectivity index (χ2n) is 21.9. The number of carbonyl (C=O) groups is 3. The predicted octanol–water partition coefficient (Wildman–Crippen LogP) is 14.4. The van der Waals surface area contributed by atoms with Crippen LogP contribution in [0.2, 0.25) is 30.1 Å². The summed E-state index contributed by atoms with van der Waals surface area (Å²) in [6.45, 7) is 5.04. The van der Waals surface area contributed by atoms with Gasteiger partial charge in [-0.15, -0.1) is 0 Å². The standard InChI is InChI=1S/C25H21Cl2N3O3.2C23H22Cl2N2O3/c1-30-22(17-6-2-8-21-16(17)7-4-11-28-21)14-18(23(31)25(30)33)24(32)29-12-3-5-15-9-10-19(26)20(27)13-15;1-14-5-3-7-16(11-14)20-13-17(21(28)23(30)27(20)2)22(29)26-10-4-6-15-8-9-18(24)19(25)12-15;1-14-5-8-16(9-6-14)20-13-17(21(28)23(30)27(20)2)22(29)26-11-3-4-15-7-10-18(24)19(25)12-15/h2,4,6-11,13-14,31H,3,5,12H2,1H3,(H,29,32);3,5,7-9,11-13,28H,4,6,10H2,1-2H3,(H,26,29);5-10,12-13,28H,3-4,11H2,1-2H3,(H,26,29). The van der Waals surface area contributed by atoms with Gasteiger partial charge in [0.05, 0.1) is 69.4 Å². The molecule has 93 heavy (non-hydrogen) atoms. The minimum atomic E-state index is -0.644. The largest absolute Gasteiger partial charge is 0.502 e. The number of benzene rings is 6. The molecule has 3 amide bonds. The van der Waals surface area contributed by atoms with Crippen LogP contribution in [0.3, 0.4) is 0 Å². The lowest BCUT2D eigenvalue weighted by molar-refractivity contribution is 0.0941. The van der Waals surface area contributed by atoms with Gasteiger partial charge in [-0.25, -0.2) is 0 Å². The molecular weight excluding hydrogens is 1310 g/mol. The van der Waals surface area contributed by atoms with Crippen LogP contribution in [0.4, 0.5) is 0 Å². The van der Waals surface area contributed by atoms with E-state index in [1.54, 1.807) is 69.8 Å². The number of rotatable bonds is 18. The van der Waals surface area contributed by atoms with E-state index in [-0.39, 0.29) is 16.7 Å². The average Bonchev–Trinajstić information content (AvgIpc) is 0.808. The second-order valence-corrected chi connectivity index (χ2v) is 24.3. The van der Waals surface area contributed by atoms with E-state index in [0.717, 1.165) is 55.4 Å². The quantitative estimate of drug-likeness (QED) is 0.0445. The Morgan fingerprint density at radius 2 is 0.817 bits per heavy atom. The highest BCUT2D eigenvalue weighted by Crippen LogP contribution is 2.31. The molecule has 480 valence electrons. The molecule has 0 spiro atoms. The molecule has 0 fully saturated rings. The lowest BCUT2D eigenvalue weighted by atomic mass is 10.0. The molecule has 6 aromatic carbocycles. The van der Waals surface area contributed by atoms with Gasteiger partial charge in [-0.1, -0.05) is 160 Å². The van der Waals surface area contributed by atoms with Crippen molar-refractivity contribution in [3.63, 3.8) is 0 Å². The molecule has 4 aromatic heterocycles. The van der Waals surface area contributed by atoms with Crippen molar-refractivity contribution in [3.8, 4) is 51.0 Å². The van der Waals surface area contributed by atoms with Crippen molar-refractivity contribution in [2.75, 3.05) is 19.6 Å². The number of fused-ring (bicyclic) bond motifs is 1. The number of pyridine rings is 4. The fourth-order valence-electron chi connectivity index (χ4n) is 10.1. The van der Waals surface area contributed by atoms with Crippen LogP contribution in [0.25, 0.3) is 44.7 Å².